The summed E-state index contributed by atoms with van der Waals surface area (Å²) < 4.78 is 0. The van der Waals surface area contributed by atoms with Crippen molar-refractivity contribution < 1.29 is 9.90 Å². The number of phenolic OH excluding ortho intramolecular Hbond substituents is 1. The minimum Gasteiger partial charge on any atom is -0.508 e. The first-order valence-electron chi connectivity index (χ1n) is 5.66. The van der Waals surface area contributed by atoms with Gasteiger partial charge in [-0.25, -0.2) is 0 Å². The lowest BCUT2D eigenvalue weighted by atomic mass is 9.98. The molecule has 86 valence electrons. The summed E-state index contributed by atoms with van der Waals surface area (Å²) >= 11 is 0. The molecule has 1 atom stereocenters. The van der Waals surface area contributed by atoms with Gasteiger partial charge < -0.3 is 14.8 Å². The average molecular weight is 219 g/mol. The Balaban J connectivity index is 2.40. The first-order chi connectivity index (χ1) is 7.63. The Bertz CT molecular complexity index is 401. The molecular weight excluding hydrogens is 202 g/mol. The van der Waals surface area contributed by atoms with Gasteiger partial charge >= 0.3 is 0 Å². The van der Waals surface area contributed by atoms with Crippen LogP contribution in [0.1, 0.15) is 31.7 Å². The van der Waals surface area contributed by atoms with Gasteiger partial charge in [-0.3, -0.25) is 0 Å². The minimum absolute atomic E-state index is 0.224. The Labute approximate surface area is 95.7 Å². The van der Waals surface area contributed by atoms with Gasteiger partial charge in [0.1, 0.15) is 12.0 Å². The van der Waals surface area contributed by atoms with Crippen LogP contribution in [-0.2, 0) is 4.79 Å². The quantitative estimate of drug-likeness (QED) is 0.793. The summed E-state index contributed by atoms with van der Waals surface area (Å²) in [5, 5.41) is 9.50. The third kappa shape index (κ3) is 1.77. The highest BCUT2D eigenvalue weighted by atomic mass is 16.3. The van der Waals surface area contributed by atoms with Crippen molar-refractivity contribution in [3.8, 4) is 5.75 Å². The summed E-state index contributed by atoms with van der Waals surface area (Å²) in [5.74, 6) is 0.502. The fourth-order valence-electron chi connectivity index (χ4n) is 2.37. The molecule has 0 saturated carbocycles. The molecule has 0 spiro atoms. The normalized spacial score (nSPS) is 18.9. The van der Waals surface area contributed by atoms with Crippen molar-refractivity contribution in [1.29, 1.82) is 0 Å². The zero-order chi connectivity index (χ0) is 11.7. The monoisotopic (exact) mass is 219 g/mol. The molecule has 0 bridgehead atoms. The highest BCUT2D eigenvalue weighted by molar-refractivity contribution is 5.65. The van der Waals surface area contributed by atoms with E-state index in [0.29, 0.717) is 12.5 Å². The molecule has 1 aromatic carbocycles. The first kappa shape index (κ1) is 11.0. The standard InChI is InChI=1S/C13H17NO2/c1-9(2)14-8-10(5-6-15)12-7-11(16)3-4-13(12)14/h3-4,6-7,9-10,16H,5,8H2,1-2H3. The largest absolute Gasteiger partial charge is 0.508 e. The van der Waals surface area contributed by atoms with Crippen LogP contribution in [0.5, 0.6) is 5.75 Å². The van der Waals surface area contributed by atoms with Crippen LogP contribution in [0, 0.1) is 0 Å². The molecule has 3 nitrogen and oxygen atoms in total. The predicted octanol–water partition coefficient (Wildman–Crippen LogP) is 2.29. The number of phenols is 1. The molecule has 0 saturated heterocycles. The van der Waals surface area contributed by atoms with Gasteiger partial charge in [-0.1, -0.05) is 0 Å². The fraction of sp³-hybridized carbons (Fsp3) is 0.462. The van der Waals surface area contributed by atoms with E-state index < -0.39 is 0 Å². The van der Waals surface area contributed by atoms with Gasteiger partial charge in [0, 0.05) is 30.6 Å². The number of benzene rings is 1. The molecule has 1 aromatic rings. The molecular formula is C13H17NO2. The highest BCUT2D eigenvalue weighted by Gasteiger charge is 2.29. The second kappa shape index (κ2) is 4.16. The van der Waals surface area contributed by atoms with Gasteiger partial charge in [-0.15, -0.1) is 0 Å². The van der Waals surface area contributed by atoms with Gasteiger partial charge in [0.15, 0.2) is 0 Å². The number of rotatable bonds is 3. The van der Waals surface area contributed by atoms with E-state index in [-0.39, 0.29) is 11.7 Å². The third-order valence-electron chi connectivity index (χ3n) is 3.18. The average Bonchev–Trinajstić information content (AvgIpc) is 2.58. The van der Waals surface area contributed by atoms with Crippen LogP contribution in [0.3, 0.4) is 0 Å². The van der Waals surface area contributed by atoms with Crippen molar-refractivity contribution in [3.05, 3.63) is 23.8 Å². The molecule has 0 aromatic heterocycles. The summed E-state index contributed by atoms with van der Waals surface area (Å²) in [6.07, 6.45) is 1.49. The lowest BCUT2D eigenvalue weighted by Gasteiger charge is -2.24. The molecule has 16 heavy (non-hydrogen) atoms. The van der Waals surface area contributed by atoms with Crippen LogP contribution in [0.25, 0.3) is 0 Å². The van der Waals surface area contributed by atoms with E-state index in [2.05, 4.69) is 18.7 Å². The smallest absolute Gasteiger partial charge is 0.120 e. The molecule has 1 unspecified atom stereocenters. The third-order valence-corrected chi connectivity index (χ3v) is 3.18. The molecule has 1 heterocycles. The van der Waals surface area contributed by atoms with E-state index in [4.69, 9.17) is 0 Å². The van der Waals surface area contributed by atoms with Crippen molar-refractivity contribution in [1.82, 2.24) is 0 Å². The molecule has 0 radical (unpaired) electrons. The van der Waals surface area contributed by atoms with E-state index >= 15 is 0 Å². The van der Waals surface area contributed by atoms with E-state index in [1.807, 2.05) is 6.07 Å². The Kier molecular flexibility index (Phi) is 2.86. The molecule has 3 heteroatoms. The number of nitrogens with zero attached hydrogens (tertiary/aromatic N) is 1. The molecule has 1 aliphatic rings. The van der Waals surface area contributed by atoms with Crippen molar-refractivity contribution in [2.45, 2.75) is 32.2 Å². The van der Waals surface area contributed by atoms with E-state index in [1.165, 1.54) is 0 Å². The van der Waals surface area contributed by atoms with Crippen LogP contribution in [0.15, 0.2) is 18.2 Å². The predicted molar refractivity (Wildman–Crippen MR) is 64.0 cm³/mol. The number of carbonyl (C=O) groups is 1. The fourth-order valence-corrected chi connectivity index (χ4v) is 2.37. The Morgan fingerprint density at radius 3 is 2.94 bits per heavy atom. The number of hydrogen-bond acceptors (Lipinski definition) is 3. The summed E-state index contributed by atoms with van der Waals surface area (Å²) in [5.41, 5.74) is 2.25. The maximum absolute atomic E-state index is 10.7. The number of aldehydes is 1. The molecule has 1 N–H and O–H groups in total. The minimum atomic E-state index is 0.224. The van der Waals surface area contributed by atoms with Gasteiger partial charge in [0.25, 0.3) is 0 Å². The van der Waals surface area contributed by atoms with Gasteiger partial charge in [-0.05, 0) is 37.6 Å². The first-order valence-corrected chi connectivity index (χ1v) is 5.66. The Morgan fingerprint density at radius 2 is 2.31 bits per heavy atom. The van der Waals surface area contributed by atoms with Crippen molar-refractivity contribution in [2.75, 3.05) is 11.4 Å². The van der Waals surface area contributed by atoms with Crippen LogP contribution >= 0.6 is 0 Å². The van der Waals surface area contributed by atoms with Crippen LogP contribution < -0.4 is 4.90 Å². The summed E-state index contributed by atoms with van der Waals surface area (Å²) in [7, 11) is 0. The lowest BCUT2D eigenvalue weighted by molar-refractivity contribution is -0.108. The second-order valence-electron chi connectivity index (χ2n) is 4.59. The Hall–Kier alpha value is -1.51. The highest BCUT2D eigenvalue weighted by Crippen LogP contribution is 2.40. The molecule has 0 aliphatic carbocycles. The maximum Gasteiger partial charge on any atom is 0.120 e. The van der Waals surface area contributed by atoms with E-state index in [9.17, 15) is 9.90 Å². The lowest BCUT2D eigenvalue weighted by Crippen LogP contribution is -2.29. The zero-order valence-corrected chi connectivity index (χ0v) is 9.68. The van der Waals surface area contributed by atoms with Gasteiger partial charge in [0.05, 0.1) is 0 Å². The summed E-state index contributed by atoms with van der Waals surface area (Å²) in [6.45, 7) is 5.15. The molecule has 1 aliphatic heterocycles. The topological polar surface area (TPSA) is 40.5 Å². The number of fused-ring (bicyclic) bond motifs is 1. The summed E-state index contributed by atoms with van der Waals surface area (Å²) in [6, 6.07) is 5.85. The van der Waals surface area contributed by atoms with Crippen LogP contribution in [0.2, 0.25) is 0 Å². The van der Waals surface area contributed by atoms with Crippen molar-refractivity contribution in [3.63, 3.8) is 0 Å². The Morgan fingerprint density at radius 1 is 1.56 bits per heavy atom. The molecule has 0 amide bonds. The zero-order valence-electron chi connectivity index (χ0n) is 9.68. The van der Waals surface area contributed by atoms with Crippen molar-refractivity contribution in [2.24, 2.45) is 0 Å². The van der Waals surface area contributed by atoms with Crippen LogP contribution in [0.4, 0.5) is 5.69 Å². The van der Waals surface area contributed by atoms with Crippen molar-refractivity contribution >= 4 is 12.0 Å². The van der Waals surface area contributed by atoms with E-state index in [1.54, 1.807) is 12.1 Å². The summed E-state index contributed by atoms with van der Waals surface area (Å²) in [4.78, 5) is 12.9. The number of hydrogen-bond donors (Lipinski definition) is 1. The molecule has 0 fully saturated rings. The number of aromatic hydroxyl groups is 1. The SMILES string of the molecule is CC(C)N1CC(CC=O)c2cc(O)ccc21. The van der Waals surface area contributed by atoms with Gasteiger partial charge in [-0.2, -0.15) is 0 Å². The molecule has 2 rings (SSSR count). The number of carbonyl (C=O) groups excluding carboxylic acids is 1. The second-order valence-corrected chi connectivity index (χ2v) is 4.59. The van der Waals surface area contributed by atoms with Crippen LogP contribution in [-0.4, -0.2) is 24.0 Å². The van der Waals surface area contributed by atoms with Gasteiger partial charge in [0.2, 0.25) is 0 Å². The number of anilines is 1. The van der Waals surface area contributed by atoms with E-state index in [0.717, 1.165) is 24.1 Å². The maximum atomic E-state index is 10.7.